The average Bonchev–Trinajstić information content (AvgIpc) is 3.26. The van der Waals surface area contributed by atoms with E-state index in [9.17, 15) is 13.2 Å². The molecule has 1 aromatic heterocycles. The van der Waals surface area contributed by atoms with E-state index in [1.807, 2.05) is 33.0 Å². The Balaban J connectivity index is 1.66. The molecular weight excluding hydrogens is 452 g/mol. The van der Waals surface area contributed by atoms with Crippen molar-refractivity contribution < 1.29 is 13.2 Å². The van der Waals surface area contributed by atoms with E-state index in [4.69, 9.17) is 5.73 Å². The Kier molecular flexibility index (Phi) is 6.65. The Bertz CT molecular complexity index is 1330. The maximum atomic E-state index is 13.2. The SMILES string of the molecule is Cc1cc(C)cc(-c2ncn(/C=C(/C(N)=O)c3cccc(S(=O)(=O)N4CCN(C)CC4)c3)n2)c1. The second-order valence-corrected chi connectivity index (χ2v) is 10.5. The van der Waals surface area contributed by atoms with Crippen molar-refractivity contribution >= 4 is 27.7 Å². The third kappa shape index (κ3) is 5.09. The Labute approximate surface area is 199 Å². The van der Waals surface area contributed by atoms with E-state index in [0.717, 1.165) is 16.7 Å². The van der Waals surface area contributed by atoms with Gasteiger partial charge in [-0.25, -0.2) is 18.1 Å². The highest BCUT2D eigenvalue weighted by atomic mass is 32.2. The lowest BCUT2D eigenvalue weighted by Crippen LogP contribution is -2.47. The zero-order valence-electron chi connectivity index (χ0n) is 19.5. The van der Waals surface area contributed by atoms with Gasteiger partial charge in [-0.2, -0.15) is 4.31 Å². The summed E-state index contributed by atoms with van der Waals surface area (Å²) in [6.07, 6.45) is 2.95. The van der Waals surface area contributed by atoms with Crippen molar-refractivity contribution in [1.82, 2.24) is 24.0 Å². The highest BCUT2D eigenvalue weighted by Crippen LogP contribution is 2.24. The molecule has 2 N–H and O–H groups in total. The maximum absolute atomic E-state index is 13.2. The summed E-state index contributed by atoms with van der Waals surface area (Å²) >= 11 is 0. The fourth-order valence-corrected chi connectivity index (χ4v) is 5.46. The van der Waals surface area contributed by atoms with Crippen LogP contribution in [0.1, 0.15) is 16.7 Å². The molecule has 9 nitrogen and oxygen atoms in total. The minimum Gasteiger partial charge on any atom is -0.366 e. The van der Waals surface area contributed by atoms with Crippen LogP contribution in [-0.4, -0.2) is 71.5 Å². The molecule has 34 heavy (non-hydrogen) atoms. The first kappa shape index (κ1) is 23.8. The van der Waals surface area contributed by atoms with E-state index >= 15 is 0 Å². The maximum Gasteiger partial charge on any atom is 0.250 e. The van der Waals surface area contributed by atoms with Crippen LogP contribution in [0.4, 0.5) is 0 Å². The van der Waals surface area contributed by atoms with Gasteiger partial charge in [0.25, 0.3) is 5.91 Å². The minimum absolute atomic E-state index is 0.121. The first-order chi connectivity index (χ1) is 16.1. The van der Waals surface area contributed by atoms with E-state index in [1.54, 1.807) is 12.1 Å². The number of hydrogen-bond acceptors (Lipinski definition) is 6. The Hall–Kier alpha value is -3.34. The third-order valence-corrected chi connectivity index (χ3v) is 7.65. The van der Waals surface area contributed by atoms with Crippen molar-refractivity contribution in [1.29, 1.82) is 0 Å². The molecule has 0 saturated carbocycles. The molecule has 1 saturated heterocycles. The van der Waals surface area contributed by atoms with Gasteiger partial charge in [0, 0.05) is 37.9 Å². The molecule has 0 radical (unpaired) electrons. The van der Waals surface area contributed by atoms with Gasteiger partial charge in [-0.1, -0.05) is 29.3 Å². The molecule has 178 valence electrons. The number of rotatable bonds is 6. The average molecular weight is 481 g/mol. The monoisotopic (exact) mass is 480 g/mol. The fraction of sp³-hybridized carbons (Fsp3) is 0.292. The fourth-order valence-electron chi connectivity index (χ4n) is 3.99. The number of primary amides is 1. The van der Waals surface area contributed by atoms with E-state index in [1.165, 1.54) is 33.6 Å². The second-order valence-electron chi connectivity index (χ2n) is 8.57. The van der Waals surface area contributed by atoms with E-state index in [0.29, 0.717) is 37.6 Å². The molecule has 2 aromatic carbocycles. The Morgan fingerprint density at radius 2 is 1.71 bits per heavy atom. The number of carbonyl (C=O) groups is 1. The smallest absolute Gasteiger partial charge is 0.250 e. The van der Waals surface area contributed by atoms with Gasteiger partial charge in [0.1, 0.15) is 6.33 Å². The number of amides is 1. The Morgan fingerprint density at radius 3 is 2.35 bits per heavy atom. The number of aromatic nitrogens is 3. The molecule has 2 heterocycles. The molecule has 1 aliphatic rings. The molecule has 3 aromatic rings. The highest BCUT2D eigenvalue weighted by molar-refractivity contribution is 7.89. The first-order valence-electron chi connectivity index (χ1n) is 10.9. The largest absolute Gasteiger partial charge is 0.366 e. The van der Waals surface area contributed by atoms with Crippen LogP contribution in [0.2, 0.25) is 0 Å². The van der Waals surface area contributed by atoms with Crippen LogP contribution in [0, 0.1) is 13.8 Å². The summed E-state index contributed by atoms with van der Waals surface area (Å²) < 4.78 is 29.2. The molecule has 4 rings (SSSR count). The lowest BCUT2D eigenvalue weighted by molar-refractivity contribution is -0.112. The number of likely N-dealkylation sites (N-methyl/N-ethyl adjacent to an activating group) is 1. The van der Waals surface area contributed by atoms with Crippen LogP contribution in [0.3, 0.4) is 0 Å². The number of piperazine rings is 1. The van der Waals surface area contributed by atoms with Crippen molar-refractivity contribution in [3.63, 3.8) is 0 Å². The summed E-state index contributed by atoms with van der Waals surface area (Å²) in [5.74, 6) is -0.184. The molecule has 0 atom stereocenters. The summed E-state index contributed by atoms with van der Waals surface area (Å²) in [4.78, 5) is 18.8. The predicted molar refractivity (Wildman–Crippen MR) is 131 cm³/mol. The molecule has 1 aliphatic heterocycles. The number of sulfonamides is 1. The molecule has 0 unspecified atom stereocenters. The van der Waals surface area contributed by atoms with Crippen molar-refractivity contribution in [3.05, 3.63) is 65.5 Å². The van der Waals surface area contributed by atoms with Crippen LogP contribution < -0.4 is 5.73 Å². The van der Waals surface area contributed by atoms with Crippen molar-refractivity contribution in [2.45, 2.75) is 18.7 Å². The van der Waals surface area contributed by atoms with Crippen LogP contribution in [0.25, 0.3) is 23.2 Å². The van der Waals surface area contributed by atoms with Gasteiger partial charge in [-0.15, -0.1) is 5.10 Å². The standard InChI is InChI=1S/C24H28N6O3S/c1-17-11-18(2)13-20(12-17)24-26-16-29(27-24)15-22(23(25)31)19-5-4-6-21(14-19)34(32,33)30-9-7-28(3)8-10-30/h4-6,11-16H,7-10H2,1-3H3,(H2,25,31)/b22-15+. The van der Waals surface area contributed by atoms with Crippen molar-refractivity contribution in [2.24, 2.45) is 5.73 Å². The summed E-state index contributed by atoms with van der Waals surface area (Å²) in [6, 6.07) is 12.3. The summed E-state index contributed by atoms with van der Waals surface area (Å²) in [5.41, 5.74) is 9.24. The van der Waals surface area contributed by atoms with Gasteiger partial charge in [-0.3, -0.25) is 4.79 Å². The van der Waals surface area contributed by atoms with E-state index in [-0.39, 0.29) is 10.5 Å². The van der Waals surface area contributed by atoms with Gasteiger partial charge in [0.05, 0.1) is 10.5 Å². The molecule has 10 heteroatoms. The predicted octanol–water partition coefficient (Wildman–Crippen LogP) is 1.98. The molecule has 1 fully saturated rings. The van der Waals surface area contributed by atoms with Gasteiger partial charge < -0.3 is 10.6 Å². The Morgan fingerprint density at radius 1 is 1.03 bits per heavy atom. The quantitative estimate of drug-likeness (QED) is 0.540. The van der Waals surface area contributed by atoms with Gasteiger partial charge in [0.15, 0.2) is 5.82 Å². The van der Waals surface area contributed by atoms with Gasteiger partial charge in [-0.05, 0) is 50.7 Å². The molecular formula is C24H28N6O3S. The zero-order valence-corrected chi connectivity index (χ0v) is 20.3. The van der Waals surface area contributed by atoms with E-state index in [2.05, 4.69) is 21.0 Å². The van der Waals surface area contributed by atoms with Crippen molar-refractivity contribution in [2.75, 3.05) is 33.2 Å². The normalized spacial score (nSPS) is 16.0. The van der Waals surface area contributed by atoms with Gasteiger partial charge in [0.2, 0.25) is 10.0 Å². The minimum atomic E-state index is -3.69. The number of hydrogen-bond donors (Lipinski definition) is 1. The number of nitrogens with two attached hydrogens (primary N) is 1. The van der Waals surface area contributed by atoms with Crippen molar-refractivity contribution in [3.8, 4) is 11.4 Å². The number of carbonyl (C=O) groups excluding carboxylic acids is 1. The van der Waals surface area contributed by atoms with E-state index < -0.39 is 15.9 Å². The third-order valence-electron chi connectivity index (χ3n) is 5.76. The molecule has 1 amide bonds. The zero-order chi connectivity index (χ0) is 24.5. The number of benzene rings is 2. The number of nitrogens with zero attached hydrogens (tertiary/aromatic N) is 5. The van der Waals surface area contributed by atoms with Crippen LogP contribution in [0.5, 0.6) is 0 Å². The lowest BCUT2D eigenvalue weighted by atomic mass is 10.1. The first-order valence-corrected chi connectivity index (χ1v) is 12.4. The van der Waals surface area contributed by atoms with Crippen LogP contribution >= 0.6 is 0 Å². The second kappa shape index (κ2) is 9.49. The van der Waals surface area contributed by atoms with Crippen LogP contribution in [0.15, 0.2) is 53.7 Å². The summed E-state index contributed by atoms with van der Waals surface area (Å²) in [5, 5.41) is 4.45. The topological polar surface area (TPSA) is 114 Å². The molecule has 0 bridgehead atoms. The summed E-state index contributed by atoms with van der Waals surface area (Å²) in [6.45, 7) is 6.17. The molecule has 0 spiro atoms. The van der Waals surface area contributed by atoms with Gasteiger partial charge >= 0.3 is 0 Å². The lowest BCUT2D eigenvalue weighted by Gasteiger charge is -2.31. The highest BCUT2D eigenvalue weighted by Gasteiger charge is 2.28. The number of aryl methyl sites for hydroxylation is 2. The van der Waals surface area contributed by atoms with Crippen LogP contribution in [-0.2, 0) is 14.8 Å². The summed E-state index contributed by atoms with van der Waals surface area (Å²) in [7, 11) is -1.73. The molecule has 0 aliphatic carbocycles.